The van der Waals surface area contributed by atoms with Crippen LogP contribution in [-0.2, 0) is 22.4 Å². The zero-order chi connectivity index (χ0) is 19.1. The van der Waals surface area contributed by atoms with E-state index in [0.29, 0.717) is 0 Å². The molecule has 1 heterocycles. The van der Waals surface area contributed by atoms with Crippen LogP contribution in [0.1, 0.15) is 17.5 Å². The molecule has 5 nitrogen and oxygen atoms in total. The summed E-state index contributed by atoms with van der Waals surface area (Å²) in [6, 6.07) is 14.1. The lowest BCUT2D eigenvalue weighted by Gasteiger charge is -2.16. The van der Waals surface area contributed by atoms with E-state index < -0.39 is 11.9 Å². The number of carbonyl (C=O) groups excluding carboxylic acids is 1. The van der Waals surface area contributed by atoms with Gasteiger partial charge in [0.15, 0.2) is 0 Å². The van der Waals surface area contributed by atoms with Gasteiger partial charge < -0.3 is 15.7 Å². The molecule has 138 valence electrons. The fourth-order valence-electron chi connectivity index (χ4n) is 2.90. The molecule has 26 heavy (non-hydrogen) atoms. The Labute approximate surface area is 152 Å². The highest BCUT2D eigenvalue weighted by Crippen LogP contribution is 2.25. The maximum Gasteiger partial charge on any atom is 0.308 e. The summed E-state index contributed by atoms with van der Waals surface area (Å²) in [7, 11) is 1.50. The van der Waals surface area contributed by atoms with Crippen LogP contribution in [0.3, 0.4) is 0 Å². The van der Waals surface area contributed by atoms with Crippen LogP contribution in [0.25, 0.3) is 0 Å². The minimum Gasteiger partial charge on any atom is -0.481 e. The number of aliphatic carboxylic acids is 1. The number of amides is 1. The summed E-state index contributed by atoms with van der Waals surface area (Å²) in [6.07, 6.45) is 1.68. The van der Waals surface area contributed by atoms with Gasteiger partial charge in [-0.05, 0) is 55.3 Å². The number of nitrogens with two attached hydrogens (primary N) is 1. The summed E-state index contributed by atoms with van der Waals surface area (Å²) in [5, 5.41) is 9.03. The average molecular weight is 358 g/mol. The summed E-state index contributed by atoms with van der Waals surface area (Å²) in [4.78, 5) is 24.5. The molecule has 1 atom stereocenters. The summed E-state index contributed by atoms with van der Waals surface area (Å²) in [5.41, 5.74) is 7.42. The van der Waals surface area contributed by atoms with Crippen molar-refractivity contribution < 1.29 is 19.1 Å². The smallest absolute Gasteiger partial charge is 0.308 e. The number of anilines is 1. The topological polar surface area (TPSA) is 83.6 Å². The van der Waals surface area contributed by atoms with Gasteiger partial charge in [0.1, 0.15) is 5.82 Å². The highest BCUT2D eigenvalue weighted by Gasteiger charge is 2.34. The van der Waals surface area contributed by atoms with E-state index in [1.807, 2.05) is 24.3 Å². The Kier molecular flexibility index (Phi) is 6.86. The molecule has 0 spiro atoms. The first-order valence-electron chi connectivity index (χ1n) is 8.47. The van der Waals surface area contributed by atoms with Crippen LogP contribution in [0.2, 0.25) is 0 Å². The van der Waals surface area contributed by atoms with Crippen molar-refractivity contribution in [3.8, 4) is 0 Å². The van der Waals surface area contributed by atoms with Crippen molar-refractivity contribution in [1.82, 2.24) is 0 Å². The first kappa shape index (κ1) is 19.6. The number of halogens is 1. The predicted molar refractivity (Wildman–Crippen MR) is 98.5 cm³/mol. The Morgan fingerprint density at radius 2 is 1.58 bits per heavy atom. The lowest BCUT2D eigenvalue weighted by atomic mass is 10.0. The van der Waals surface area contributed by atoms with Crippen molar-refractivity contribution >= 4 is 17.6 Å². The van der Waals surface area contributed by atoms with Crippen LogP contribution in [0.4, 0.5) is 10.1 Å². The third-order valence-electron chi connectivity index (χ3n) is 4.34. The number of benzene rings is 2. The van der Waals surface area contributed by atoms with Crippen LogP contribution in [0.15, 0.2) is 48.5 Å². The number of carboxylic acids is 1. The van der Waals surface area contributed by atoms with Crippen molar-refractivity contribution in [2.45, 2.75) is 19.3 Å². The third kappa shape index (κ3) is 4.89. The van der Waals surface area contributed by atoms with E-state index in [0.717, 1.165) is 29.7 Å². The van der Waals surface area contributed by atoms with E-state index in [4.69, 9.17) is 5.11 Å². The monoisotopic (exact) mass is 358 g/mol. The molecule has 0 bridgehead atoms. The molecule has 1 amide bonds. The van der Waals surface area contributed by atoms with Gasteiger partial charge in [-0.1, -0.05) is 24.3 Å². The van der Waals surface area contributed by atoms with Gasteiger partial charge in [0.2, 0.25) is 5.91 Å². The second kappa shape index (κ2) is 9.10. The summed E-state index contributed by atoms with van der Waals surface area (Å²) in [6.45, 7) is 0.225. The minimum atomic E-state index is -0.929. The maximum atomic E-state index is 12.9. The average Bonchev–Trinajstić information content (AvgIpc) is 3.05. The number of hydrogen-bond acceptors (Lipinski definition) is 3. The Morgan fingerprint density at radius 3 is 2.04 bits per heavy atom. The summed E-state index contributed by atoms with van der Waals surface area (Å²) in [5.74, 6) is -1.95. The van der Waals surface area contributed by atoms with E-state index in [1.54, 1.807) is 12.1 Å². The number of aryl methyl sites for hydroxylation is 2. The molecule has 1 aliphatic rings. The van der Waals surface area contributed by atoms with Gasteiger partial charge in [-0.2, -0.15) is 0 Å². The lowest BCUT2D eigenvalue weighted by molar-refractivity contribution is -0.141. The molecule has 1 saturated heterocycles. The normalized spacial score (nSPS) is 16.2. The number of carbonyl (C=O) groups is 2. The highest BCUT2D eigenvalue weighted by atomic mass is 19.1. The SMILES string of the molecule is CN.O=C(O)C1CC(=O)N(c2ccc(CCc3ccc(F)cc3)cc2)C1. The van der Waals surface area contributed by atoms with Crippen LogP contribution < -0.4 is 10.6 Å². The molecule has 3 N–H and O–H groups in total. The molecule has 0 radical (unpaired) electrons. The van der Waals surface area contributed by atoms with Gasteiger partial charge >= 0.3 is 5.97 Å². The van der Waals surface area contributed by atoms with E-state index in [1.165, 1.54) is 24.1 Å². The molecule has 6 heteroatoms. The van der Waals surface area contributed by atoms with Gasteiger partial charge in [0, 0.05) is 18.7 Å². The quantitative estimate of drug-likeness (QED) is 0.861. The van der Waals surface area contributed by atoms with E-state index in [9.17, 15) is 14.0 Å². The number of rotatable bonds is 5. The van der Waals surface area contributed by atoms with Crippen molar-refractivity contribution in [1.29, 1.82) is 0 Å². The third-order valence-corrected chi connectivity index (χ3v) is 4.34. The molecule has 0 aliphatic carbocycles. The number of nitrogens with zero attached hydrogens (tertiary/aromatic N) is 1. The highest BCUT2D eigenvalue weighted by molar-refractivity contribution is 5.99. The molecule has 0 aromatic heterocycles. The molecule has 2 aromatic rings. The summed E-state index contributed by atoms with van der Waals surface area (Å²) >= 11 is 0. The molecular formula is C20H23FN2O3. The zero-order valence-electron chi connectivity index (χ0n) is 14.7. The number of carboxylic acid groups (broad SMARTS) is 1. The van der Waals surface area contributed by atoms with Crippen molar-refractivity contribution in [3.05, 3.63) is 65.5 Å². The first-order chi connectivity index (χ1) is 12.5. The molecule has 0 saturated carbocycles. The second-order valence-corrected chi connectivity index (χ2v) is 6.04. The summed E-state index contributed by atoms with van der Waals surface area (Å²) < 4.78 is 12.9. The van der Waals surface area contributed by atoms with Crippen molar-refractivity contribution in [2.24, 2.45) is 11.7 Å². The second-order valence-electron chi connectivity index (χ2n) is 6.04. The Bertz CT molecular complexity index is 745. The van der Waals surface area contributed by atoms with Crippen molar-refractivity contribution in [2.75, 3.05) is 18.5 Å². The zero-order valence-corrected chi connectivity index (χ0v) is 14.7. The van der Waals surface area contributed by atoms with Crippen LogP contribution in [0, 0.1) is 11.7 Å². The molecular weight excluding hydrogens is 335 g/mol. The van der Waals surface area contributed by atoms with Crippen LogP contribution in [0.5, 0.6) is 0 Å². The Balaban J connectivity index is 0.00000117. The van der Waals surface area contributed by atoms with E-state index in [-0.39, 0.29) is 24.7 Å². The molecule has 1 fully saturated rings. The van der Waals surface area contributed by atoms with Crippen LogP contribution in [-0.4, -0.2) is 30.6 Å². The molecule has 1 unspecified atom stereocenters. The molecule has 3 rings (SSSR count). The van der Waals surface area contributed by atoms with Gasteiger partial charge in [0.25, 0.3) is 0 Å². The largest absolute Gasteiger partial charge is 0.481 e. The van der Waals surface area contributed by atoms with E-state index in [2.05, 4.69) is 5.73 Å². The van der Waals surface area contributed by atoms with Gasteiger partial charge in [0.05, 0.1) is 5.92 Å². The standard InChI is InChI=1S/C19H18FNO3.CH5N/c20-16-7-3-13(4-8-16)1-2-14-5-9-17(10-6-14)21-12-15(19(23)24)11-18(21)22;1-2/h3-10,15H,1-2,11-12H2,(H,23,24);2H2,1H3. The first-order valence-corrected chi connectivity index (χ1v) is 8.47. The minimum absolute atomic E-state index is 0.0572. The predicted octanol–water partition coefficient (Wildman–Crippen LogP) is 2.62. The fourth-order valence-corrected chi connectivity index (χ4v) is 2.90. The van der Waals surface area contributed by atoms with Gasteiger partial charge in [-0.3, -0.25) is 9.59 Å². The van der Waals surface area contributed by atoms with E-state index >= 15 is 0 Å². The van der Waals surface area contributed by atoms with Gasteiger partial charge in [-0.25, -0.2) is 4.39 Å². The Hall–Kier alpha value is -2.73. The maximum absolute atomic E-state index is 12.9. The molecule has 2 aromatic carbocycles. The van der Waals surface area contributed by atoms with Crippen LogP contribution >= 0.6 is 0 Å². The van der Waals surface area contributed by atoms with Crippen molar-refractivity contribution in [3.63, 3.8) is 0 Å². The lowest BCUT2D eigenvalue weighted by Crippen LogP contribution is -2.25. The Morgan fingerprint density at radius 1 is 1.08 bits per heavy atom. The number of hydrogen-bond donors (Lipinski definition) is 2. The molecule has 1 aliphatic heterocycles. The fraction of sp³-hybridized carbons (Fsp3) is 0.300. The van der Waals surface area contributed by atoms with Gasteiger partial charge in [-0.15, -0.1) is 0 Å².